The summed E-state index contributed by atoms with van der Waals surface area (Å²) in [4.78, 5) is 16.4. The molecule has 0 aliphatic rings. The van der Waals surface area contributed by atoms with E-state index in [0.29, 0.717) is 0 Å². The van der Waals surface area contributed by atoms with Crippen LogP contribution in [-0.2, 0) is 4.79 Å². The van der Waals surface area contributed by atoms with Gasteiger partial charge in [-0.25, -0.2) is 4.98 Å². The summed E-state index contributed by atoms with van der Waals surface area (Å²) in [6, 6.07) is 7.53. The number of hydrogen-bond donors (Lipinski definition) is 1. The van der Waals surface area contributed by atoms with Crippen LogP contribution in [-0.4, -0.2) is 20.5 Å². The van der Waals surface area contributed by atoms with E-state index in [0.717, 1.165) is 21.8 Å². The zero-order valence-corrected chi connectivity index (χ0v) is 11.1. The molecule has 0 aliphatic carbocycles. The van der Waals surface area contributed by atoms with Crippen molar-refractivity contribution in [2.24, 2.45) is 0 Å². The minimum absolute atomic E-state index is 0.487. The first-order chi connectivity index (χ1) is 9.15. The normalized spacial score (nSPS) is 12.7. The molecule has 4 nitrogen and oxygen atoms in total. The largest absolute Gasteiger partial charge is 0.481 e. The van der Waals surface area contributed by atoms with Crippen LogP contribution in [0.25, 0.3) is 16.2 Å². The highest BCUT2D eigenvalue weighted by Gasteiger charge is 2.13. The van der Waals surface area contributed by atoms with E-state index in [1.807, 2.05) is 46.4 Å². The molecule has 2 heterocycles. The van der Waals surface area contributed by atoms with E-state index in [9.17, 15) is 4.79 Å². The highest BCUT2D eigenvalue weighted by Crippen LogP contribution is 2.24. The van der Waals surface area contributed by atoms with Crippen LogP contribution in [0.15, 0.2) is 42.0 Å². The molecule has 0 radical (unpaired) electrons. The predicted molar refractivity (Wildman–Crippen MR) is 74.6 cm³/mol. The zero-order valence-electron chi connectivity index (χ0n) is 10.3. The number of imidazole rings is 1. The summed E-state index contributed by atoms with van der Waals surface area (Å²) in [6.45, 7) is 1.68. The summed E-state index contributed by atoms with van der Waals surface area (Å²) < 4.78 is 1.98. The Kier molecular flexibility index (Phi) is 2.83. The van der Waals surface area contributed by atoms with E-state index < -0.39 is 11.9 Å². The molecule has 0 bridgehead atoms. The fourth-order valence-electron chi connectivity index (χ4n) is 1.95. The number of carboxylic acids is 1. The van der Waals surface area contributed by atoms with Gasteiger partial charge >= 0.3 is 5.97 Å². The first-order valence-electron chi connectivity index (χ1n) is 5.90. The van der Waals surface area contributed by atoms with Crippen LogP contribution in [0, 0.1) is 0 Å². The summed E-state index contributed by atoms with van der Waals surface area (Å²) >= 11 is 1.59. The lowest BCUT2D eigenvalue weighted by atomic mass is 9.99. The molecule has 3 aromatic rings. The molecule has 3 rings (SSSR count). The van der Waals surface area contributed by atoms with Gasteiger partial charge in [0.1, 0.15) is 0 Å². The van der Waals surface area contributed by atoms with Gasteiger partial charge in [0.25, 0.3) is 0 Å². The maximum absolute atomic E-state index is 10.9. The van der Waals surface area contributed by atoms with E-state index in [2.05, 4.69) is 4.98 Å². The van der Waals surface area contributed by atoms with Gasteiger partial charge in [0, 0.05) is 23.3 Å². The average molecular weight is 272 g/mol. The fraction of sp³-hybridized carbons (Fsp3) is 0.143. The Balaban J connectivity index is 1.94. The fourth-order valence-corrected chi connectivity index (χ4v) is 2.65. The summed E-state index contributed by atoms with van der Waals surface area (Å²) in [7, 11) is 0. The van der Waals surface area contributed by atoms with Crippen molar-refractivity contribution in [3.05, 3.63) is 47.6 Å². The molecule has 0 aliphatic heterocycles. The molecule has 1 N–H and O–H groups in total. The molecule has 0 spiro atoms. The summed E-state index contributed by atoms with van der Waals surface area (Å²) in [5, 5.41) is 11.0. The Labute approximate surface area is 114 Å². The van der Waals surface area contributed by atoms with Crippen molar-refractivity contribution < 1.29 is 9.90 Å². The van der Waals surface area contributed by atoms with E-state index in [1.165, 1.54) is 0 Å². The number of aliphatic carboxylic acids is 1. The van der Waals surface area contributed by atoms with E-state index in [4.69, 9.17) is 5.11 Å². The molecular weight excluding hydrogens is 260 g/mol. The molecule has 1 unspecified atom stereocenters. The molecule has 0 fully saturated rings. The van der Waals surface area contributed by atoms with Crippen molar-refractivity contribution in [3.63, 3.8) is 0 Å². The molecule has 0 amide bonds. The Morgan fingerprint density at radius 3 is 2.74 bits per heavy atom. The van der Waals surface area contributed by atoms with E-state index in [1.54, 1.807) is 18.3 Å². The van der Waals surface area contributed by atoms with Crippen LogP contribution < -0.4 is 0 Å². The summed E-state index contributed by atoms with van der Waals surface area (Å²) in [5.41, 5.74) is 2.70. The molecule has 0 saturated heterocycles. The lowest BCUT2D eigenvalue weighted by Gasteiger charge is -2.06. The minimum atomic E-state index is -0.810. The number of benzene rings is 1. The molecule has 2 aromatic heterocycles. The second kappa shape index (κ2) is 4.51. The number of thiazole rings is 1. The number of nitrogens with zero attached hydrogens (tertiary/aromatic N) is 2. The molecule has 19 heavy (non-hydrogen) atoms. The molecule has 1 aromatic carbocycles. The van der Waals surface area contributed by atoms with Gasteiger partial charge in [-0.05, 0) is 12.5 Å². The van der Waals surface area contributed by atoms with E-state index in [-0.39, 0.29) is 0 Å². The summed E-state index contributed by atoms with van der Waals surface area (Å²) in [6.07, 6.45) is 3.94. The van der Waals surface area contributed by atoms with Crippen LogP contribution >= 0.6 is 11.3 Å². The number of aromatic nitrogens is 2. The lowest BCUT2D eigenvalue weighted by Crippen LogP contribution is -2.06. The Morgan fingerprint density at radius 1 is 1.37 bits per heavy atom. The first-order valence-corrected chi connectivity index (χ1v) is 6.78. The SMILES string of the molecule is CC(C(=O)O)c1ccc(-c2cn3ccsc3n2)cc1. The average Bonchev–Trinajstić information content (AvgIpc) is 2.98. The van der Waals surface area contributed by atoms with Crippen molar-refractivity contribution in [1.29, 1.82) is 0 Å². The van der Waals surface area contributed by atoms with Gasteiger partial charge < -0.3 is 5.11 Å². The molecular formula is C14H12N2O2S. The monoisotopic (exact) mass is 272 g/mol. The number of carboxylic acid groups (broad SMARTS) is 1. The minimum Gasteiger partial charge on any atom is -0.481 e. The topological polar surface area (TPSA) is 54.6 Å². The molecule has 96 valence electrons. The number of hydrogen-bond acceptors (Lipinski definition) is 3. The highest BCUT2D eigenvalue weighted by molar-refractivity contribution is 7.15. The van der Waals surface area contributed by atoms with Crippen molar-refractivity contribution in [2.45, 2.75) is 12.8 Å². The summed E-state index contributed by atoms with van der Waals surface area (Å²) in [5.74, 6) is -1.30. The maximum atomic E-state index is 10.9. The predicted octanol–water partition coefficient (Wildman–Crippen LogP) is 3.25. The highest BCUT2D eigenvalue weighted by atomic mass is 32.1. The van der Waals surface area contributed by atoms with Crippen LogP contribution in [0.1, 0.15) is 18.4 Å². The van der Waals surface area contributed by atoms with Crippen LogP contribution in [0.3, 0.4) is 0 Å². The van der Waals surface area contributed by atoms with Crippen molar-refractivity contribution in [2.75, 3.05) is 0 Å². The Morgan fingerprint density at radius 2 is 2.11 bits per heavy atom. The number of fused-ring (bicyclic) bond motifs is 1. The maximum Gasteiger partial charge on any atom is 0.310 e. The smallest absolute Gasteiger partial charge is 0.310 e. The third-order valence-electron chi connectivity index (χ3n) is 3.17. The molecule has 5 heteroatoms. The lowest BCUT2D eigenvalue weighted by molar-refractivity contribution is -0.138. The van der Waals surface area contributed by atoms with Gasteiger partial charge in [-0.2, -0.15) is 0 Å². The first kappa shape index (κ1) is 11.9. The third kappa shape index (κ3) is 2.13. The Bertz CT molecular complexity index is 699. The van der Waals surface area contributed by atoms with E-state index >= 15 is 0 Å². The zero-order chi connectivity index (χ0) is 13.4. The van der Waals surface area contributed by atoms with Crippen molar-refractivity contribution >= 4 is 22.3 Å². The van der Waals surface area contributed by atoms with Gasteiger partial charge in [0.05, 0.1) is 11.6 Å². The quantitative estimate of drug-likeness (QED) is 0.796. The van der Waals surface area contributed by atoms with Crippen molar-refractivity contribution in [1.82, 2.24) is 9.38 Å². The molecule has 0 saturated carbocycles. The van der Waals surface area contributed by atoms with Gasteiger partial charge in [0.2, 0.25) is 0 Å². The van der Waals surface area contributed by atoms with Gasteiger partial charge in [-0.1, -0.05) is 24.3 Å². The number of rotatable bonds is 3. The molecule has 1 atom stereocenters. The number of carbonyl (C=O) groups is 1. The van der Waals surface area contributed by atoms with Crippen LogP contribution in [0.2, 0.25) is 0 Å². The van der Waals surface area contributed by atoms with Gasteiger partial charge in [-0.3, -0.25) is 9.20 Å². The Hall–Kier alpha value is -2.14. The van der Waals surface area contributed by atoms with Crippen LogP contribution in [0.5, 0.6) is 0 Å². The van der Waals surface area contributed by atoms with Crippen molar-refractivity contribution in [3.8, 4) is 11.3 Å². The van der Waals surface area contributed by atoms with Gasteiger partial charge in [-0.15, -0.1) is 11.3 Å². The second-order valence-electron chi connectivity index (χ2n) is 4.40. The second-order valence-corrected chi connectivity index (χ2v) is 5.27. The van der Waals surface area contributed by atoms with Crippen LogP contribution in [0.4, 0.5) is 0 Å². The van der Waals surface area contributed by atoms with Gasteiger partial charge in [0.15, 0.2) is 4.96 Å². The standard InChI is InChI=1S/C14H12N2O2S/c1-9(13(17)18)10-2-4-11(5-3-10)12-8-16-6-7-19-14(16)15-12/h2-9H,1H3,(H,17,18). The third-order valence-corrected chi connectivity index (χ3v) is 3.94.